The molecule has 0 unspecified atom stereocenters. The van der Waals surface area contributed by atoms with Gasteiger partial charge in [-0.05, 0) is 36.1 Å². The number of benzene rings is 1. The highest BCUT2D eigenvalue weighted by Crippen LogP contribution is 2.58. The first-order chi connectivity index (χ1) is 13.8. The zero-order valence-corrected chi connectivity index (χ0v) is 15.8. The first kappa shape index (κ1) is 19.0. The Balaban J connectivity index is 1.38. The van der Waals surface area contributed by atoms with Gasteiger partial charge >= 0.3 is 0 Å². The molecule has 4 rings (SSSR count). The number of nitrogen functional groups attached to an aromatic ring is 1. The summed E-state index contributed by atoms with van der Waals surface area (Å²) in [5.41, 5.74) is 6.98. The summed E-state index contributed by atoms with van der Waals surface area (Å²) in [7, 11) is 0. The number of nitrogens with two attached hydrogens (primary N) is 1. The van der Waals surface area contributed by atoms with Gasteiger partial charge in [-0.15, -0.1) is 0 Å². The van der Waals surface area contributed by atoms with E-state index in [0.29, 0.717) is 18.7 Å². The standard InChI is InChI=1S/C21H20F2N4O2/c1-20(22,23)21(8-9-21)16-11-18(27-29-16)26-19(28)10-13-2-4-14(5-3-13)15-6-7-17(24)25-12-15/h2-7,11-12H,8-10H2,1H3,(H2,24,25)(H,26,27,28). The molecule has 0 spiro atoms. The number of halogens is 2. The predicted molar refractivity (Wildman–Crippen MR) is 104 cm³/mol. The Hall–Kier alpha value is -3.29. The highest BCUT2D eigenvalue weighted by Gasteiger charge is 2.62. The van der Waals surface area contributed by atoms with Gasteiger partial charge in [-0.2, -0.15) is 0 Å². The van der Waals surface area contributed by atoms with E-state index in [-0.39, 0.29) is 23.9 Å². The molecule has 1 aromatic carbocycles. The highest BCUT2D eigenvalue weighted by atomic mass is 19.3. The molecule has 0 aliphatic heterocycles. The van der Waals surface area contributed by atoms with Crippen LogP contribution in [-0.4, -0.2) is 22.0 Å². The molecule has 0 saturated heterocycles. The molecule has 2 aromatic heterocycles. The lowest BCUT2D eigenvalue weighted by Crippen LogP contribution is -2.29. The third kappa shape index (κ3) is 3.83. The van der Waals surface area contributed by atoms with Crippen molar-refractivity contribution < 1.29 is 18.1 Å². The Morgan fingerprint density at radius 1 is 1.21 bits per heavy atom. The van der Waals surface area contributed by atoms with E-state index < -0.39 is 11.3 Å². The molecular weight excluding hydrogens is 378 g/mol. The van der Waals surface area contributed by atoms with Crippen molar-refractivity contribution >= 4 is 17.5 Å². The summed E-state index contributed by atoms with van der Waals surface area (Å²) in [6.45, 7) is 0.880. The van der Waals surface area contributed by atoms with Gasteiger partial charge in [-0.1, -0.05) is 29.4 Å². The molecule has 2 heterocycles. The van der Waals surface area contributed by atoms with Crippen LogP contribution < -0.4 is 11.1 Å². The molecule has 6 nitrogen and oxygen atoms in total. The van der Waals surface area contributed by atoms with Gasteiger partial charge in [0.25, 0.3) is 5.92 Å². The van der Waals surface area contributed by atoms with Gasteiger partial charge in [0.2, 0.25) is 5.91 Å². The maximum Gasteiger partial charge on any atom is 0.258 e. The Morgan fingerprint density at radius 2 is 1.90 bits per heavy atom. The van der Waals surface area contributed by atoms with Crippen LogP contribution in [0.4, 0.5) is 20.4 Å². The summed E-state index contributed by atoms with van der Waals surface area (Å²) < 4.78 is 32.7. The van der Waals surface area contributed by atoms with Crippen LogP contribution in [0.25, 0.3) is 11.1 Å². The predicted octanol–water partition coefficient (Wildman–Crippen LogP) is 4.19. The van der Waals surface area contributed by atoms with Crippen molar-refractivity contribution in [2.75, 3.05) is 11.1 Å². The van der Waals surface area contributed by atoms with Crippen molar-refractivity contribution in [2.24, 2.45) is 0 Å². The Labute approximate surface area is 166 Å². The Bertz CT molecular complexity index is 1020. The lowest BCUT2D eigenvalue weighted by molar-refractivity contribution is -0.115. The summed E-state index contributed by atoms with van der Waals surface area (Å²) in [6.07, 6.45) is 2.49. The number of pyridine rings is 1. The van der Waals surface area contributed by atoms with Crippen molar-refractivity contribution in [1.82, 2.24) is 10.1 Å². The zero-order chi connectivity index (χ0) is 20.6. The maximum absolute atomic E-state index is 13.8. The number of nitrogens with one attached hydrogen (secondary N) is 1. The molecule has 1 saturated carbocycles. The maximum atomic E-state index is 13.8. The molecule has 0 radical (unpaired) electrons. The molecule has 1 aliphatic carbocycles. The van der Waals surface area contributed by atoms with Gasteiger partial charge in [0, 0.05) is 24.8 Å². The van der Waals surface area contributed by atoms with Crippen LogP contribution in [0.2, 0.25) is 0 Å². The molecule has 1 aliphatic rings. The van der Waals surface area contributed by atoms with Crippen molar-refractivity contribution in [1.29, 1.82) is 0 Å². The number of amides is 1. The van der Waals surface area contributed by atoms with E-state index in [2.05, 4.69) is 15.5 Å². The second-order valence-corrected chi connectivity index (χ2v) is 7.44. The molecule has 0 atom stereocenters. The summed E-state index contributed by atoms with van der Waals surface area (Å²) in [4.78, 5) is 16.3. The van der Waals surface area contributed by atoms with Gasteiger partial charge in [-0.3, -0.25) is 4.79 Å². The molecule has 1 fully saturated rings. The van der Waals surface area contributed by atoms with Crippen LogP contribution in [0.1, 0.15) is 31.1 Å². The SMILES string of the molecule is CC(F)(F)C1(c2cc(NC(=O)Cc3ccc(-c4ccc(N)nc4)cc3)no2)CC1. The number of carbonyl (C=O) groups is 1. The topological polar surface area (TPSA) is 94.0 Å². The van der Waals surface area contributed by atoms with Gasteiger partial charge in [-0.25, -0.2) is 13.8 Å². The van der Waals surface area contributed by atoms with E-state index in [1.165, 1.54) is 6.07 Å². The van der Waals surface area contributed by atoms with E-state index in [4.69, 9.17) is 10.3 Å². The van der Waals surface area contributed by atoms with E-state index in [0.717, 1.165) is 23.6 Å². The second-order valence-electron chi connectivity index (χ2n) is 7.44. The van der Waals surface area contributed by atoms with Crippen LogP contribution in [0, 0.1) is 0 Å². The van der Waals surface area contributed by atoms with Gasteiger partial charge in [0.15, 0.2) is 11.6 Å². The molecule has 3 aromatic rings. The number of alkyl halides is 2. The fourth-order valence-electron chi connectivity index (χ4n) is 3.35. The first-order valence-corrected chi connectivity index (χ1v) is 9.23. The molecule has 3 N–H and O–H groups in total. The monoisotopic (exact) mass is 398 g/mol. The van der Waals surface area contributed by atoms with E-state index in [1.54, 1.807) is 12.3 Å². The largest absolute Gasteiger partial charge is 0.384 e. The van der Waals surface area contributed by atoms with Crippen molar-refractivity contribution in [3.8, 4) is 11.1 Å². The number of hydrogen-bond donors (Lipinski definition) is 2. The van der Waals surface area contributed by atoms with Crippen LogP contribution >= 0.6 is 0 Å². The number of aromatic nitrogens is 2. The van der Waals surface area contributed by atoms with Crippen LogP contribution in [0.5, 0.6) is 0 Å². The molecule has 1 amide bonds. The molecule has 150 valence electrons. The van der Waals surface area contributed by atoms with Crippen LogP contribution in [0.15, 0.2) is 53.2 Å². The average Bonchev–Trinajstić information content (AvgIpc) is 3.38. The fourth-order valence-corrected chi connectivity index (χ4v) is 3.35. The third-order valence-corrected chi connectivity index (χ3v) is 5.28. The number of rotatable bonds is 6. The quantitative estimate of drug-likeness (QED) is 0.649. The van der Waals surface area contributed by atoms with Crippen LogP contribution in [-0.2, 0) is 16.6 Å². The highest BCUT2D eigenvalue weighted by molar-refractivity contribution is 5.91. The number of carbonyl (C=O) groups excluding carboxylic acids is 1. The molecule has 8 heteroatoms. The Morgan fingerprint density at radius 3 is 2.48 bits per heavy atom. The summed E-state index contributed by atoms with van der Waals surface area (Å²) in [5, 5.41) is 6.32. The summed E-state index contributed by atoms with van der Waals surface area (Å²) in [6, 6.07) is 12.5. The molecule has 29 heavy (non-hydrogen) atoms. The number of nitrogens with zero attached hydrogens (tertiary/aromatic N) is 2. The van der Waals surface area contributed by atoms with Crippen molar-refractivity contribution in [3.05, 3.63) is 60.0 Å². The smallest absolute Gasteiger partial charge is 0.258 e. The summed E-state index contributed by atoms with van der Waals surface area (Å²) >= 11 is 0. The Kier molecular flexibility index (Phi) is 4.56. The molecular formula is C21H20F2N4O2. The lowest BCUT2D eigenvalue weighted by atomic mass is 9.96. The van der Waals surface area contributed by atoms with E-state index >= 15 is 0 Å². The summed E-state index contributed by atoms with van der Waals surface area (Å²) in [5.74, 6) is -2.49. The second kappa shape index (κ2) is 6.95. The fraction of sp³-hybridized carbons (Fsp3) is 0.286. The van der Waals surface area contributed by atoms with Crippen molar-refractivity contribution in [3.63, 3.8) is 0 Å². The minimum atomic E-state index is -2.89. The minimum absolute atomic E-state index is 0.113. The first-order valence-electron chi connectivity index (χ1n) is 9.23. The normalized spacial score (nSPS) is 15.1. The van der Waals surface area contributed by atoms with Crippen molar-refractivity contribution in [2.45, 2.75) is 37.5 Å². The van der Waals surface area contributed by atoms with Gasteiger partial charge in [0.05, 0.1) is 11.8 Å². The van der Waals surface area contributed by atoms with Gasteiger partial charge < -0.3 is 15.6 Å². The number of hydrogen-bond acceptors (Lipinski definition) is 5. The van der Waals surface area contributed by atoms with E-state index in [1.807, 2.05) is 30.3 Å². The minimum Gasteiger partial charge on any atom is -0.384 e. The zero-order valence-electron chi connectivity index (χ0n) is 15.8. The van der Waals surface area contributed by atoms with E-state index in [9.17, 15) is 13.6 Å². The van der Waals surface area contributed by atoms with Crippen LogP contribution in [0.3, 0.4) is 0 Å². The van der Waals surface area contributed by atoms with Gasteiger partial charge in [0.1, 0.15) is 5.82 Å². The molecule has 0 bridgehead atoms. The number of anilines is 2. The lowest BCUT2D eigenvalue weighted by Gasteiger charge is -2.19. The third-order valence-electron chi connectivity index (χ3n) is 5.28. The average molecular weight is 398 g/mol.